The van der Waals surface area contributed by atoms with E-state index in [1.807, 2.05) is 20.2 Å². The second-order valence-corrected chi connectivity index (χ2v) is 5.68. The summed E-state index contributed by atoms with van der Waals surface area (Å²) in [6.45, 7) is 1.83. The Labute approximate surface area is 121 Å². The van der Waals surface area contributed by atoms with Gasteiger partial charge in [-0.25, -0.2) is 0 Å². The first kappa shape index (κ1) is 13.3. The molecule has 0 aliphatic carbocycles. The van der Waals surface area contributed by atoms with Crippen LogP contribution in [0.1, 0.15) is 11.3 Å². The maximum Gasteiger partial charge on any atom is 0.261 e. The summed E-state index contributed by atoms with van der Waals surface area (Å²) in [6.07, 6.45) is 0.900. The van der Waals surface area contributed by atoms with E-state index < -0.39 is 0 Å². The monoisotopic (exact) mass is 291 g/mol. The Morgan fingerprint density at radius 1 is 1.30 bits per heavy atom. The molecule has 20 heavy (non-hydrogen) atoms. The molecular weight excluding hydrogens is 274 g/mol. The molecule has 106 valence electrons. The summed E-state index contributed by atoms with van der Waals surface area (Å²) in [4.78, 5) is 14.8. The van der Waals surface area contributed by atoms with E-state index in [2.05, 4.69) is 22.1 Å². The molecule has 0 bridgehead atoms. The largest absolute Gasteiger partial charge is 0.315 e. The number of nitrogens with zero attached hydrogens (tertiary/aromatic N) is 4. The van der Waals surface area contributed by atoms with Crippen LogP contribution in [0.15, 0.2) is 10.9 Å². The fourth-order valence-corrected chi connectivity index (χ4v) is 2.85. The van der Waals surface area contributed by atoms with Crippen LogP contribution in [0.3, 0.4) is 0 Å². The summed E-state index contributed by atoms with van der Waals surface area (Å²) in [7, 11) is 5.73. The highest BCUT2D eigenvalue weighted by molar-refractivity contribution is 7.71. The highest BCUT2D eigenvalue weighted by Gasteiger charge is 2.20. The van der Waals surface area contributed by atoms with Crippen LogP contribution >= 0.6 is 12.2 Å². The molecule has 1 N–H and O–H groups in total. The maximum atomic E-state index is 12.5. The normalized spacial score (nSPS) is 15.3. The van der Waals surface area contributed by atoms with Crippen molar-refractivity contribution >= 4 is 12.2 Å². The van der Waals surface area contributed by atoms with Crippen molar-refractivity contribution in [1.82, 2.24) is 24.2 Å². The number of likely N-dealkylation sites (N-methyl/N-ethyl adjacent to an activating group) is 1. The van der Waals surface area contributed by atoms with E-state index in [1.165, 1.54) is 5.56 Å². The Bertz CT molecular complexity index is 785. The third kappa shape index (κ3) is 1.94. The Morgan fingerprint density at radius 3 is 2.70 bits per heavy atom. The molecule has 0 atom stereocenters. The summed E-state index contributed by atoms with van der Waals surface area (Å²) >= 11 is 5.12. The Morgan fingerprint density at radius 2 is 2.05 bits per heavy atom. The third-order valence-corrected chi connectivity index (χ3v) is 4.29. The molecule has 0 saturated heterocycles. The molecule has 0 aromatic carbocycles. The van der Waals surface area contributed by atoms with Crippen LogP contribution in [0.2, 0.25) is 0 Å². The molecule has 0 radical (unpaired) electrons. The molecule has 2 aromatic heterocycles. The van der Waals surface area contributed by atoms with Gasteiger partial charge in [-0.3, -0.25) is 9.89 Å². The molecule has 7 heteroatoms. The number of aromatic amines is 1. The fourth-order valence-electron chi connectivity index (χ4n) is 2.72. The van der Waals surface area contributed by atoms with E-state index in [0.29, 0.717) is 16.2 Å². The summed E-state index contributed by atoms with van der Waals surface area (Å²) in [5.74, 6) is 0.589. The van der Waals surface area contributed by atoms with Crippen LogP contribution in [0.25, 0.3) is 11.4 Å². The summed E-state index contributed by atoms with van der Waals surface area (Å²) in [6, 6.07) is 1.96. The van der Waals surface area contributed by atoms with Crippen molar-refractivity contribution in [3.8, 4) is 11.4 Å². The SMILES string of the molecule is CN1CCc2c(cc(-c3n[nH]c(=S)n3C)c(=O)n2C)C1. The van der Waals surface area contributed by atoms with Gasteiger partial charge in [-0.1, -0.05) is 0 Å². The van der Waals surface area contributed by atoms with Crippen molar-refractivity contribution < 1.29 is 0 Å². The Balaban J connectivity index is 2.25. The predicted octanol–water partition coefficient (Wildman–Crippen LogP) is 0.831. The second-order valence-electron chi connectivity index (χ2n) is 5.29. The number of hydrogen-bond acceptors (Lipinski definition) is 4. The van der Waals surface area contributed by atoms with Crippen molar-refractivity contribution in [2.75, 3.05) is 13.6 Å². The highest BCUT2D eigenvalue weighted by Crippen LogP contribution is 2.21. The minimum absolute atomic E-state index is 0.0228. The molecule has 0 spiro atoms. The molecule has 1 aliphatic heterocycles. The topological polar surface area (TPSA) is 58.9 Å². The van der Waals surface area contributed by atoms with Gasteiger partial charge in [-0.2, -0.15) is 5.10 Å². The minimum Gasteiger partial charge on any atom is -0.315 e. The van der Waals surface area contributed by atoms with E-state index in [-0.39, 0.29) is 5.56 Å². The number of aromatic nitrogens is 4. The van der Waals surface area contributed by atoms with Crippen LogP contribution < -0.4 is 5.56 Å². The van der Waals surface area contributed by atoms with Crippen LogP contribution in [0.5, 0.6) is 0 Å². The van der Waals surface area contributed by atoms with E-state index in [1.54, 1.807) is 9.13 Å². The van der Waals surface area contributed by atoms with Gasteiger partial charge in [-0.05, 0) is 30.9 Å². The van der Waals surface area contributed by atoms with Crippen molar-refractivity contribution in [2.24, 2.45) is 14.1 Å². The molecule has 1 aliphatic rings. The standard InChI is InChI=1S/C13H17N5OS/c1-16-5-4-10-8(7-16)6-9(12(19)17(10)2)11-14-15-13(20)18(11)3/h6H,4-5,7H2,1-3H3,(H,15,20). The van der Waals surface area contributed by atoms with Gasteiger partial charge < -0.3 is 14.0 Å². The van der Waals surface area contributed by atoms with Crippen LogP contribution in [-0.2, 0) is 27.1 Å². The smallest absolute Gasteiger partial charge is 0.261 e. The lowest BCUT2D eigenvalue weighted by Crippen LogP contribution is -2.33. The van der Waals surface area contributed by atoms with Gasteiger partial charge in [0.05, 0.1) is 5.56 Å². The first-order valence-electron chi connectivity index (χ1n) is 6.51. The average molecular weight is 291 g/mol. The number of nitrogens with one attached hydrogen (secondary N) is 1. The summed E-state index contributed by atoms with van der Waals surface area (Å²) in [5, 5.41) is 6.90. The van der Waals surface area contributed by atoms with Gasteiger partial charge in [0.1, 0.15) is 0 Å². The molecule has 2 aromatic rings. The predicted molar refractivity (Wildman–Crippen MR) is 79.1 cm³/mol. The third-order valence-electron chi connectivity index (χ3n) is 3.92. The molecular formula is C13H17N5OS. The van der Waals surface area contributed by atoms with Gasteiger partial charge in [0.25, 0.3) is 5.56 Å². The minimum atomic E-state index is -0.0228. The number of pyridine rings is 1. The lowest BCUT2D eigenvalue weighted by atomic mass is 10.0. The van der Waals surface area contributed by atoms with Gasteiger partial charge in [0, 0.05) is 39.3 Å². The molecule has 0 unspecified atom stereocenters. The van der Waals surface area contributed by atoms with E-state index >= 15 is 0 Å². The van der Waals surface area contributed by atoms with Crippen molar-refractivity contribution in [3.63, 3.8) is 0 Å². The number of fused-ring (bicyclic) bond motifs is 1. The quantitative estimate of drug-likeness (QED) is 0.791. The summed E-state index contributed by atoms with van der Waals surface area (Å²) < 4.78 is 3.98. The zero-order chi connectivity index (χ0) is 14.4. The van der Waals surface area contributed by atoms with Gasteiger partial charge >= 0.3 is 0 Å². The van der Waals surface area contributed by atoms with Gasteiger partial charge in [0.15, 0.2) is 10.6 Å². The molecule has 0 saturated carbocycles. The lowest BCUT2D eigenvalue weighted by molar-refractivity contribution is 0.306. The number of H-pyrrole nitrogens is 1. The van der Waals surface area contributed by atoms with Gasteiger partial charge in [0.2, 0.25) is 0 Å². The Hall–Kier alpha value is -1.73. The maximum absolute atomic E-state index is 12.5. The van der Waals surface area contributed by atoms with Crippen molar-refractivity contribution in [3.05, 3.63) is 32.4 Å². The summed E-state index contributed by atoms with van der Waals surface area (Å²) in [5.41, 5.74) is 2.88. The van der Waals surface area contributed by atoms with E-state index in [4.69, 9.17) is 12.2 Å². The van der Waals surface area contributed by atoms with E-state index in [0.717, 1.165) is 25.2 Å². The van der Waals surface area contributed by atoms with Crippen molar-refractivity contribution in [1.29, 1.82) is 0 Å². The number of hydrogen-bond donors (Lipinski definition) is 1. The first-order chi connectivity index (χ1) is 9.49. The average Bonchev–Trinajstić information content (AvgIpc) is 2.74. The first-order valence-corrected chi connectivity index (χ1v) is 6.92. The molecule has 6 nitrogen and oxygen atoms in total. The van der Waals surface area contributed by atoms with E-state index in [9.17, 15) is 4.79 Å². The van der Waals surface area contributed by atoms with Crippen LogP contribution in [0.4, 0.5) is 0 Å². The van der Waals surface area contributed by atoms with Crippen molar-refractivity contribution in [2.45, 2.75) is 13.0 Å². The zero-order valence-electron chi connectivity index (χ0n) is 11.8. The molecule has 3 rings (SSSR count). The zero-order valence-corrected chi connectivity index (χ0v) is 12.6. The Kier molecular flexibility index (Phi) is 3.10. The molecule has 3 heterocycles. The fraction of sp³-hybridized carbons (Fsp3) is 0.462. The van der Waals surface area contributed by atoms with Crippen LogP contribution in [-0.4, -0.2) is 37.8 Å². The van der Waals surface area contributed by atoms with Crippen LogP contribution in [0, 0.1) is 4.77 Å². The highest BCUT2D eigenvalue weighted by atomic mass is 32.1. The molecule has 0 amide bonds. The van der Waals surface area contributed by atoms with Gasteiger partial charge in [-0.15, -0.1) is 0 Å². The number of rotatable bonds is 1. The second kappa shape index (κ2) is 4.68. The molecule has 0 fully saturated rings. The lowest BCUT2D eigenvalue weighted by Gasteiger charge is -2.27.